The normalized spacial score (nSPS) is 24.3. The number of non-ortho nitro benzene ring substituents is 1. The van der Waals surface area contributed by atoms with Crippen molar-refractivity contribution in [3.05, 3.63) is 75.8 Å². The Morgan fingerprint density at radius 1 is 1.10 bits per heavy atom. The second-order valence-corrected chi connectivity index (χ2v) is 6.40. The van der Waals surface area contributed by atoms with Gasteiger partial charge in [0, 0.05) is 17.7 Å². The summed E-state index contributed by atoms with van der Waals surface area (Å²) in [6.07, 6.45) is -5.38. The molecule has 0 aromatic heterocycles. The zero-order valence-corrected chi connectivity index (χ0v) is 14.5. The number of nitro groups is 1. The number of nitro benzene ring substituents is 1. The van der Waals surface area contributed by atoms with Gasteiger partial charge in [0.05, 0.1) is 11.0 Å². The molecule has 3 N–H and O–H groups in total. The van der Waals surface area contributed by atoms with Gasteiger partial charge in [0.2, 0.25) is 5.72 Å². The number of amides is 2. The second kappa shape index (κ2) is 7.17. The maximum absolute atomic E-state index is 13.8. The molecule has 2 aromatic rings. The Morgan fingerprint density at radius 3 is 2.21 bits per heavy atom. The highest BCUT2D eigenvalue weighted by molar-refractivity contribution is 6.00. The summed E-state index contributed by atoms with van der Waals surface area (Å²) in [5.41, 5.74) is -4.30. The van der Waals surface area contributed by atoms with E-state index in [1.807, 2.05) is 0 Å². The monoisotopic (exact) mass is 409 g/mol. The first-order valence-corrected chi connectivity index (χ1v) is 8.26. The topological polar surface area (TPSA) is 122 Å². The summed E-state index contributed by atoms with van der Waals surface area (Å²) in [6.45, 7) is 0. The Hall–Kier alpha value is -3.47. The number of aliphatic hydroxyl groups is 1. The third-order valence-electron chi connectivity index (χ3n) is 4.61. The van der Waals surface area contributed by atoms with Gasteiger partial charge in [-0.05, 0) is 5.56 Å². The Kier molecular flexibility index (Phi) is 5.01. The summed E-state index contributed by atoms with van der Waals surface area (Å²) in [5, 5.41) is 24.9. The first-order chi connectivity index (χ1) is 13.5. The number of urea groups is 1. The van der Waals surface area contributed by atoms with Gasteiger partial charge in [-0.1, -0.05) is 42.5 Å². The van der Waals surface area contributed by atoms with Gasteiger partial charge in [-0.3, -0.25) is 14.9 Å². The van der Waals surface area contributed by atoms with Crippen LogP contribution in [0.25, 0.3) is 0 Å². The molecule has 3 rings (SSSR count). The van der Waals surface area contributed by atoms with Crippen LogP contribution < -0.4 is 10.6 Å². The Balaban J connectivity index is 2.14. The lowest BCUT2D eigenvalue weighted by Gasteiger charge is -2.45. The van der Waals surface area contributed by atoms with Crippen LogP contribution in [0.3, 0.4) is 0 Å². The summed E-state index contributed by atoms with van der Waals surface area (Å²) in [5.74, 6) is -3.26. The third-order valence-corrected chi connectivity index (χ3v) is 4.61. The van der Waals surface area contributed by atoms with E-state index in [1.54, 1.807) is 6.07 Å². The number of halogens is 3. The lowest BCUT2D eigenvalue weighted by atomic mass is 9.77. The molecular formula is C18H14F3N3O5. The zero-order valence-electron chi connectivity index (χ0n) is 14.5. The van der Waals surface area contributed by atoms with Gasteiger partial charge in [-0.15, -0.1) is 0 Å². The molecule has 0 bridgehead atoms. The first-order valence-electron chi connectivity index (χ1n) is 8.26. The molecule has 2 aromatic carbocycles. The summed E-state index contributed by atoms with van der Waals surface area (Å²) >= 11 is 0. The van der Waals surface area contributed by atoms with Crippen molar-refractivity contribution in [1.29, 1.82) is 0 Å². The third kappa shape index (κ3) is 3.63. The van der Waals surface area contributed by atoms with Crippen molar-refractivity contribution < 1.29 is 32.8 Å². The molecule has 0 unspecified atom stereocenters. The molecule has 2 amide bonds. The molecule has 152 valence electrons. The number of ketones is 1. The van der Waals surface area contributed by atoms with Gasteiger partial charge < -0.3 is 15.7 Å². The highest BCUT2D eigenvalue weighted by Gasteiger charge is 2.66. The minimum atomic E-state index is -5.38. The van der Waals surface area contributed by atoms with Gasteiger partial charge in [0.25, 0.3) is 5.69 Å². The van der Waals surface area contributed by atoms with Gasteiger partial charge in [-0.25, -0.2) is 4.79 Å². The smallest absolute Gasteiger partial charge is 0.363 e. The van der Waals surface area contributed by atoms with E-state index < -0.39 is 40.6 Å². The Labute approximate surface area is 161 Å². The van der Waals surface area contributed by atoms with E-state index in [2.05, 4.69) is 5.32 Å². The molecule has 0 aliphatic carbocycles. The fraction of sp³-hybridized carbons (Fsp3) is 0.222. The molecule has 8 nitrogen and oxygen atoms in total. The number of nitrogens with zero attached hydrogens (tertiary/aromatic N) is 1. The maximum atomic E-state index is 13.8. The predicted octanol–water partition coefficient (Wildman–Crippen LogP) is 2.70. The molecule has 29 heavy (non-hydrogen) atoms. The number of benzene rings is 2. The standard InChI is InChI=1S/C18H14F3N3O5/c19-18(20,21)17(27)13(15(25)11-4-2-1-3-5-11)14(22-16(26)23-17)10-6-8-12(9-7-10)24(28)29/h1-9,13-14,27H,(H2,22,23,26)/t13-,14-,17+/m1/s1. The summed E-state index contributed by atoms with van der Waals surface area (Å²) in [7, 11) is 0. The van der Waals surface area contributed by atoms with Crippen LogP contribution in [0.4, 0.5) is 23.7 Å². The SMILES string of the molecule is O=C1N[C@H](c2ccc([N+](=O)[O-])cc2)[C@H](C(=O)c2ccccc2)[C@](O)(C(F)(F)F)N1. The number of nitrogens with one attached hydrogen (secondary N) is 2. The van der Waals surface area contributed by atoms with E-state index in [9.17, 15) is 38.0 Å². The lowest BCUT2D eigenvalue weighted by Crippen LogP contribution is -2.72. The van der Waals surface area contributed by atoms with Crippen LogP contribution in [0.1, 0.15) is 22.0 Å². The number of hydrogen-bond donors (Lipinski definition) is 3. The molecule has 1 aliphatic rings. The van der Waals surface area contributed by atoms with E-state index >= 15 is 0 Å². The molecule has 1 heterocycles. The first kappa shape index (κ1) is 20.3. The number of alkyl halides is 3. The van der Waals surface area contributed by atoms with Gasteiger partial charge >= 0.3 is 12.2 Å². The largest absolute Gasteiger partial charge is 0.437 e. The average molecular weight is 409 g/mol. The van der Waals surface area contributed by atoms with Crippen molar-refractivity contribution in [3.8, 4) is 0 Å². The summed E-state index contributed by atoms with van der Waals surface area (Å²) in [4.78, 5) is 35.0. The van der Waals surface area contributed by atoms with Crippen molar-refractivity contribution in [1.82, 2.24) is 10.6 Å². The van der Waals surface area contributed by atoms with Crippen LogP contribution in [0, 0.1) is 16.0 Å². The molecule has 0 spiro atoms. The fourth-order valence-corrected chi connectivity index (χ4v) is 3.20. The highest BCUT2D eigenvalue weighted by Crippen LogP contribution is 2.44. The van der Waals surface area contributed by atoms with Gasteiger partial charge in [-0.2, -0.15) is 13.2 Å². The van der Waals surface area contributed by atoms with Crippen molar-refractivity contribution in [2.45, 2.75) is 17.9 Å². The Bertz CT molecular complexity index is 949. The van der Waals surface area contributed by atoms with E-state index in [0.717, 1.165) is 24.3 Å². The predicted molar refractivity (Wildman–Crippen MR) is 92.8 cm³/mol. The van der Waals surface area contributed by atoms with Crippen LogP contribution >= 0.6 is 0 Å². The lowest BCUT2D eigenvalue weighted by molar-refractivity contribution is -0.384. The minimum absolute atomic E-state index is 0.0117. The molecule has 1 saturated heterocycles. The summed E-state index contributed by atoms with van der Waals surface area (Å²) < 4.78 is 41.3. The van der Waals surface area contributed by atoms with E-state index in [-0.39, 0.29) is 16.8 Å². The molecule has 0 radical (unpaired) electrons. The van der Waals surface area contributed by atoms with Crippen molar-refractivity contribution in [2.24, 2.45) is 5.92 Å². The van der Waals surface area contributed by atoms with Crippen molar-refractivity contribution in [3.63, 3.8) is 0 Å². The molecule has 1 aliphatic heterocycles. The second-order valence-electron chi connectivity index (χ2n) is 6.40. The quantitative estimate of drug-likeness (QED) is 0.407. The van der Waals surface area contributed by atoms with Crippen LogP contribution in [0.5, 0.6) is 0 Å². The van der Waals surface area contributed by atoms with Crippen molar-refractivity contribution >= 4 is 17.5 Å². The average Bonchev–Trinajstić information content (AvgIpc) is 2.67. The van der Waals surface area contributed by atoms with Crippen LogP contribution in [0.2, 0.25) is 0 Å². The van der Waals surface area contributed by atoms with E-state index in [4.69, 9.17) is 0 Å². The van der Waals surface area contributed by atoms with Crippen molar-refractivity contribution in [2.75, 3.05) is 0 Å². The van der Waals surface area contributed by atoms with Crippen LogP contribution in [-0.4, -0.2) is 33.7 Å². The van der Waals surface area contributed by atoms with Crippen LogP contribution in [-0.2, 0) is 0 Å². The number of carbonyl (C=O) groups excluding carboxylic acids is 2. The molecule has 1 fully saturated rings. The maximum Gasteiger partial charge on any atom is 0.437 e. The summed E-state index contributed by atoms with van der Waals surface area (Å²) in [6, 6.07) is 8.36. The number of Topliss-reactive ketones (excluding diaryl/α,β-unsaturated/α-hetero) is 1. The Morgan fingerprint density at radius 2 is 1.69 bits per heavy atom. The fourth-order valence-electron chi connectivity index (χ4n) is 3.20. The minimum Gasteiger partial charge on any atom is -0.363 e. The van der Waals surface area contributed by atoms with Crippen LogP contribution in [0.15, 0.2) is 54.6 Å². The van der Waals surface area contributed by atoms with E-state index in [1.165, 1.54) is 29.6 Å². The molecule has 11 heteroatoms. The zero-order chi connectivity index (χ0) is 21.4. The highest BCUT2D eigenvalue weighted by atomic mass is 19.4. The molecule has 3 atom stereocenters. The molecular weight excluding hydrogens is 395 g/mol. The number of carbonyl (C=O) groups is 2. The number of rotatable bonds is 4. The molecule has 0 saturated carbocycles. The number of hydrogen-bond acceptors (Lipinski definition) is 5. The van der Waals surface area contributed by atoms with Gasteiger partial charge in [0.1, 0.15) is 5.92 Å². The van der Waals surface area contributed by atoms with Gasteiger partial charge in [0.15, 0.2) is 5.78 Å². The van der Waals surface area contributed by atoms with E-state index in [0.29, 0.717) is 0 Å².